The van der Waals surface area contributed by atoms with E-state index < -0.39 is 14.4 Å². The van der Waals surface area contributed by atoms with Gasteiger partial charge >= 0.3 is 6.09 Å². The van der Waals surface area contributed by atoms with E-state index >= 15 is 0 Å². The molecule has 2 heterocycles. The zero-order valence-electron chi connectivity index (χ0n) is 19.5. The van der Waals surface area contributed by atoms with Crippen LogP contribution in [0.5, 0.6) is 0 Å². The van der Waals surface area contributed by atoms with Crippen LogP contribution in [0.2, 0.25) is 5.04 Å². The van der Waals surface area contributed by atoms with Gasteiger partial charge in [0.25, 0.3) is 8.32 Å². The minimum Gasteiger partial charge on any atom is -0.465 e. The van der Waals surface area contributed by atoms with Gasteiger partial charge in [0.1, 0.15) is 0 Å². The van der Waals surface area contributed by atoms with E-state index in [2.05, 4.69) is 86.3 Å². The maximum absolute atomic E-state index is 11.4. The molecule has 172 valence electrons. The van der Waals surface area contributed by atoms with Crippen molar-refractivity contribution in [1.29, 1.82) is 0 Å². The van der Waals surface area contributed by atoms with Gasteiger partial charge in [0.15, 0.2) is 0 Å². The first-order chi connectivity index (χ1) is 15.3. The Balaban J connectivity index is 1.48. The summed E-state index contributed by atoms with van der Waals surface area (Å²) in [4.78, 5) is 15.4. The average molecular weight is 453 g/mol. The van der Waals surface area contributed by atoms with Crippen molar-refractivity contribution in [2.45, 2.75) is 44.7 Å². The molecule has 2 aromatic rings. The lowest BCUT2D eigenvalue weighted by Gasteiger charge is -2.43. The lowest BCUT2D eigenvalue weighted by Crippen LogP contribution is -2.66. The van der Waals surface area contributed by atoms with Crippen LogP contribution in [0.4, 0.5) is 4.79 Å². The zero-order valence-corrected chi connectivity index (χ0v) is 20.5. The van der Waals surface area contributed by atoms with Crippen molar-refractivity contribution in [3.8, 4) is 0 Å². The number of hydrogen-bond donors (Lipinski definition) is 1. The second-order valence-electron chi connectivity index (χ2n) is 10.2. The average Bonchev–Trinajstić information content (AvgIpc) is 3.36. The van der Waals surface area contributed by atoms with Crippen molar-refractivity contribution in [2.24, 2.45) is 5.92 Å². The zero-order chi connectivity index (χ0) is 22.8. The summed E-state index contributed by atoms with van der Waals surface area (Å²) in [7, 11) is -2.48. The number of hydrogen-bond acceptors (Lipinski definition) is 3. The Labute approximate surface area is 193 Å². The highest BCUT2D eigenvalue weighted by Gasteiger charge is 2.50. The molecule has 1 N–H and O–H groups in total. The van der Waals surface area contributed by atoms with Gasteiger partial charge in [-0.05, 0) is 40.7 Å². The number of benzene rings is 2. The molecule has 2 atom stereocenters. The largest absolute Gasteiger partial charge is 0.465 e. The van der Waals surface area contributed by atoms with Crippen LogP contribution in [0.25, 0.3) is 0 Å². The van der Waals surface area contributed by atoms with Gasteiger partial charge in [-0.15, -0.1) is 0 Å². The van der Waals surface area contributed by atoms with Crippen LogP contribution in [0.15, 0.2) is 60.7 Å². The molecule has 0 aliphatic carbocycles. The van der Waals surface area contributed by atoms with Crippen molar-refractivity contribution in [3.63, 3.8) is 0 Å². The van der Waals surface area contributed by atoms with E-state index in [1.54, 1.807) is 4.90 Å². The van der Waals surface area contributed by atoms with Gasteiger partial charge in [-0.25, -0.2) is 4.79 Å². The predicted octanol–water partition coefficient (Wildman–Crippen LogP) is 3.64. The molecule has 0 saturated carbocycles. The van der Waals surface area contributed by atoms with Crippen LogP contribution in [0, 0.1) is 5.92 Å². The third-order valence-electron chi connectivity index (χ3n) is 7.26. The highest BCUT2D eigenvalue weighted by molar-refractivity contribution is 6.99. The Morgan fingerprint density at radius 1 is 1.03 bits per heavy atom. The van der Waals surface area contributed by atoms with Gasteiger partial charge in [-0.1, -0.05) is 81.4 Å². The van der Waals surface area contributed by atoms with Gasteiger partial charge in [0, 0.05) is 32.3 Å². The van der Waals surface area contributed by atoms with E-state index in [0.29, 0.717) is 31.7 Å². The topological polar surface area (TPSA) is 53.0 Å². The van der Waals surface area contributed by atoms with Crippen molar-refractivity contribution < 1.29 is 14.3 Å². The van der Waals surface area contributed by atoms with Crippen LogP contribution in [0.3, 0.4) is 0 Å². The SMILES string of the molecule is CC(C)(C)[Si](OCCCN1CCC2CN(C(=O)O)CC21)(c1ccccc1)c1ccccc1. The summed E-state index contributed by atoms with van der Waals surface area (Å²) in [5.74, 6) is 0.490. The molecule has 0 radical (unpaired) electrons. The van der Waals surface area contributed by atoms with Gasteiger partial charge in [-0.2, -0.15) is 0 Å². The third kappa shape index (κ3) is 4.36. The van der Waals surface area contributed by atoms with Crippen LogP contribution in [-0.2, 0) is 4.43 Å². The van der Waals surface area contributed by atoms with E-state index in [9.17, 15) is 9.90 Å². The first-order valence-corrected chi connectivity index (χ1v) is 13.7. The number of fused-ring (bicyclic) bond motifs is 1. The smallest absolute Gasteiger partial charge is 0.407 e. The predicted molar refractivity (Wildman–Crippen MR) is 131 cm³/mol. The molecule has 32 heavy (non-hydrogen) atoms. The molecule has 2 aromatic carbocycles. The second-order valence-corrected chi connectivity index (χ2v) is 14.5. The van der Waals surface area contributed by atoms with Crippen molar-refractivity contribution in [3.05, 3.63) is 60.7 Å². The van der Waals surface area contributed by atoms with Crippen molar-refractivity contribution >= 4 is 24.8 Å². The summed E-state index contributed by atoms with van der Waals surface area (Å²) in [5.41, 5.74) is 0. The number of amides is 1. The van der Waals surface area contributed by atoms with Crippen LogP contribution in [0.1, 0.15) is 33.6 Å². The Morgan fingerprint density at radius 2 is 1.62 bits per heavy atom. The molecule has 5 nitrogen and oxygen atoms in total. The molecular weight excluding hydrogens is 416 g/mol. The Bertz CT molecular complexity index is 861. The van der Waals surface area contributed by atoms with Crippen LogP contribution >= 0.6 is 0 Å². The summed E-state index contributed by atoms with van der Waals surface area (Å²) in [6.07, 6.45) is 1.28. The minimum atomic E-state index is -2.48. The van der Waals surface area contributed by atoms with E-state index in [0.717, 1.165) is 25.9 Å². The Kier molecular flexibility index (Phi) is 6.74. The number of likely N-dealkylation sites (tertiary alicyclic amines) is 2. The van der Waals surface area contributed by atoms with E-state index in [1.165, 1.54) is 10.4 Å². The molecule has 2 unspecified atom stereocenters. The maximum atomic E-state index is 11.4. The van der Waals surface area contributed by atoms with Crippen molar-refractivity contribution in [1.82, 2.24) is 9.80 Å². The summed E-state index contributed by atoms with van der Waals surface area (Å²) in [6.45, 7) is 11.0. The standard InChI is InChI=1S/C26H36N2O3Si/c1-26(2,3)32(22-11-6-4-7-12-22,23-13-8-5-9-14-23)31-18-10-16-27-17-15-21-19-28(25(29)30)20-24(21)27/h4-9,11-14,21,24H,10,15-20H2,1-3H3,(H,29,30). The number of rotatable bonds is 7. The van der Waals surface area contributed by atoms with Crippen LogP contribution < -0.4 is 10.4 Å². The summed E-state index contributed by atoms with van der Waals surface area (Å²) >= 11 is 0. The fraction of sp³-hybridized carbons (Fsp3) is 0.500. The summed E-state index contributed by atoms with van der Waals surface area (Å²) in [5, 5.41) is 12.0. The maximum Gasteiger partial charge on any atom is 0.407 e. The van der Waals surface area contributed by atoms with E-state index in [4.69, 9.17) is 4.43 Å². The summed E-state index contributed by atoms with van der Waals surface area (Å²) in [6, 6.07) is 21.9. The highest BCUT2D eigenvalue weighted by Crippen LogP contribution is 2.37. The first-order valence-electron chi connectivity index (χ1n) is 11.8. The molecule has 2 saturated heterocycles. The lowest BCUT2D eigenvalue weighted by molar-refractivity contribution is 0.146. The molecule has 2 aliphatic heterocycles. The fourth-order valence-electron chi connectivity index (χ4n) is 5.74. The third-order valence-corrected chi connectivity index (χ3v) is 12.3. The summed E-state index contributed by atoms with van der Waals surface area (Å²) < 4.78 is 7.00. The molecule has 0 aromatic heterocycles. The molecule has 4 rings (SSSR count). The molecular formula is C26H36N2O3Si. The molecule has 6 heteroatoms. The van der Waals surface area contributed by atoms with Gasteiger partial charge in [0.05, 0.1) is 0 Å². The normalized spacial score (nSPS) is 21.7. The second kappa shape index (κ2) is 9.38. The Hall–Kier alpha value is -2.15. The highest BCUT2D eigenvalue weighted by atomic mass is 28.4. The quantitative estimate of drug-likeness (QED) is 0.515. The number of nitrogens with zero attached hydrogens (tertiary/aromatic N) is 2. The number of carbonyl (C=O) groups is 1. The molecule has 1 amide bonds. The monoisotopic (exact) mass is 452 g/mol. The molecule has 0 bridgehead atoms. The Morgan fingerprint density at radius 3 is 2.16 bits per heavy atom. The molecule has 2 fully saturated rings. The lowest BCUT2D eigenvalue weighted by atomic mass is 10.1. The van der Waals surface area contributed by atoms with E-state index in [1.807, 2.05) is 0 Å². The van der Waals surface area contributed by atoms with Gasteiger partial charge < -0.3 is 14.4 Å². The number of carboxylic acid groups (broad SMARTS) is 1. The van der Waals surface area contributed by atoms with Crippen LogP contribution in [-0.4, -0.2) is 68.1 Å². The van der Waals surface area contributed by atoms with Crippen molar-refractivity contribution in [2.75, 3.05) is 32.8 Å². The molecule has 2 aliphatic rings. The van der Waals surface area contributed by atoms with Gasteiger partial charge in [-0.3, -0.25) is 4.90 Å². The molecule has 0 spiro atoms. The van der Waals surface area contributed by atoms with Gasteiger partial charge in [0.2, 0.25) is 0 Å². The van der Waals surface area contributed by atoms with E-state index in [-0.39, 0.29) is 5.04 Å². The first kappa shape index (κ1) is 23.0. The minimum absolute atomic E-state index is 0.0120. The fourth-order valence-corrected chi connectivity index (χ4v) is 10.3.